The zero-order valence-corrected chi connectivity index (χ0v) is 9.30. The molecule has 1 atom stereocenters. The Morgan fingerprint density at radius 2 is 2.40 bits per heavy atom. The second kappa shape index (κ2) is 4.81. The number of aromatic nitrogens is 1. The van der Waals surface area contributed by atoms with Crippen LogP contribution in [0.25, 0.3) is 0 Å². The smallest absolute Gasteiger partial charge is 0.131 e. The molecule has 4 heteroatoms. The van der Waals surface area contributed by atoms with E-state index in [0.29, 0.717) is 11.2 Å². The Balaban J connectivity index is 2.19. The first-order chi connectivity index (χ1) is 7.29. The summed E-state index contributed by atoms with van der Waals surface area (Å²) in [5, 5.41) is 12.8. The minimum Gasteiger partial charge on any atom is -0.396 e. The second-order valence-corrected chi connectivity index (χ2v) is 4.27. The number of aliphatic hydroxyl groups excluding tert-OH is 1. The molecule has 2 N–H and O–H groups in total. The quantitative estimate of drug-likeness (QED) is 0.761. The molecule has 1 aromatic heterocycles. The first-order valence-electron chi connectivity index (χ1n) is 5.32. The zero-order chi connectivity index (χ0) is 10.7. The van der Waals surface area contributed by atoms with Crippen LogP contribution in [0.3, 0.4) is 0 Å². The highest BCUT2D eigenvalue weighted by Gasteiger charge is 2.16. The van der Waals surface area contributed by atoms with Crippen molar-refractivity contribution in [2.45, 2.75) is 31.7 Å². The fraction of sp³-hybridized carbons (Fsp3) is 0.545. The largest absolute Gasteiger partial charge is 0.396 e. The van der Waals surface area contributed by atoms with Crippen LogP contribution in [0.1, 0.15) is 24.8 Å². The lowest BCUT2D eigenvalue weighted by atomic mass is 10.1. The number of aliphatic hydroxyl groups is 1. The van der Waals surface area contributed by atoms with Gasteiger partial charge in [0.1, 0.15) is 11.0 Å². The van der Waals surface area contributed by atoms with Crippen molar-refractivity contribution in [2.24, 2.45) is 0 Å². The molecule has 0 saturated carbocycles. The van der Waals surface area contributed by atoms with Gasteiger partial charge in [-0.25, -0.2) is 4.98 Å². The van der Waals surface area contributed by atoms with Gasteiger partial charge < -0.3 is 10.4 Å². The summed E-state index contributed by atoms with van der Waals surface area (Å²) in [6, 6.07) is 4.18. The van der Waals surface area contributed by atoms with E-state index >= 15 is 0 Å². The standard InChI is InChI=1S/C11H15ClN2O/c12-10-5-4-8-2-1-3-9(6-7-15)13-11(8)14-10/h4-5,9,15H,1-3,6-7H2,(H,13,14). The molecule has 3 nitrogen and oxygen atoms in total. The predicted molar refractivity (Wildman–Crippen MR) is 61.3 cm³/mol. The molecule has 15 heavy (non-hydrogen) atoms. The molecule has 2 heterocycles. The van der Waals surface area contributed by atoms with Crippen LogP contribution < -0.4 is 5.32 Å². The number of fused-ring (bicyclic) bond motifs is 1. The minimum atomic E-state index is 0.216. The van der Waals surface area contributed by atoms with Crippen molar-refractivity contribution in [3.63, 3.8) is 0 Å². The number of nitrogens with one attached hydrogen (secondary N) is 1. The SMILES string of the molecule is OCCC1CCCc2ccc(Cl)nc2N1. The third-order valence-electron chi connectivity index (χ3n) is 2.76. The van der Waals surface area contributed by atoms with Gasteiger partial charge in [0.05, 0.1) is 0 Å². The van der Waals surface area contributed by atoms with Crippen molar-refractivity contribution < 1.29 is 5.11 Å². The van der Waals surface area contributed by atoms with Gasteiger partial charge in [0.25, 0.3) is 0 Å². The molecular weight excluding hydrogens is 212 g/mol. The molecule has 1 unspecified atom stereocenters. The van der Waals surface area contributed by atoms with Gasteiger partial charge in [0.15, 0.2) is 0 Å². The van der Waals surface area contributed by atoms with E-state index in [1.807, 2.05) is 12.1 Å². The molecule has 0 bridgehead atoms. The number of nitrogens with zero attached hydrogens (tertiary/aromatic N) is 1. The number of halogens is 1. The molecule has 0 fully saturated rings. The number of hydrogen-bond donors (Lipinski definition) is 2. The molecule has 0 radical (unpaired) electrons. The first-order valence-corrected chi connectivity index (χ1v) is 5.70. The Kier molecular flexibility index (Phi) is 3.44. The molecule has 1 aromatic rings. The monoisotopic (exact) mass is 226 g/mol. The van der Waals surface area contributed by atoms with Crippen LogP contribution in [0.4, 0.5) is 5.82 Å². The van der Waals surface area contributed by atoms with Gasteiger partial charge in [-0.3, -0.25) is 0 Å². The van der Waals surface area contributed by atoms with Gasteiger partial charge >= 0.3 is 0 Å². The van der Waals surface area contributed by atoms with E-state index in [1.165, 1.54) is 5.56 Å². The van der Waals surface area contributed by atoms with E-state index in [1.54, 1.807) is 0 Å². The first kappa shape index (κ1) is 10.7. The van der Waals surface area contributed by atoms with E-state index in [4.69, 9.17) is 16.7 Å². The van der Waals surface area contributed by atoms with E-state index in [0.717, 1.165) is 31.5 Å². The van der Waals surface area contributed by atoms with Crippen LogP contribution in [-0.4, -0.2) is 22.7 Å². The third-order valence-corrected chi connectivity index (χ3v) is 2.97. The van der Waals surface area contributed by atoms with Crippen molar-refractivity contribution in [1.29, 1.82) is 0 Å². The summed E-state index contributed by atoms with van der Waals surface area (Å²) < 4.78 is 0. The fourth-order valence-electron chi connectivity index (χ4n) is 1.97. The molecule has 82 valence electrons. The van der Waals surface area contributed by atoms with Crippen LogP contribution in [-0.2, 0) is 6.42 Å². The number of rotatable bonds is 2. The van der Waals surface area contributed by atoms with Gasteiger partial charge in [-0.1, -0.05) is 17.7 Å². The molecule has 1 aliphatic rings. The highest BCUT2D eigenvalue weighted by Crippen LogP contribution is 2.24. The Hall–Kier alpha value is -0.800. The van der Waals surface area contributed by atoms with Gasteiger partial charge in [-0.2, -0.15) is 0 Å². The molecule has 0 saturated heterocycles. The third kappa shape index (κ3) is 2.61. The average Bonchev–Trinajstić information content (AvgIpc) is 2.39. The maximum Gasteiger partial charge on any atom is 0.131 e. The predicted octanol–water partition coefficient (Wildman–Crippen LogP) is 2.23. The van der Waals surface area contributed by atoms with Crippen molar-refractivity contribution in [3.8, 4) is 0 Å². The van der Waals surface area contributed by atoms with Gasteiger partial charge in [-0.05, 0) is 37.3 Å². The number of aryl methyl sites for hydroxylation is 1. The number of hydrogen-bond acceptors (Lipinski definition) is 3. The Labute approximate surface area is 94.5 Å². The summed E-state index contributed by atoms with van der Waals surface area (Å²) in [5.41, 5.74) is 1.22. The lowest BCUT2D eigenvalue weighted by molar-refractivity contribution is 0.276. The fourth-order valence-corrected chi connectivity index (χ4v) is 2.12. The van der Waals surface area contributed by atoms with Gasteiger partial charge in [0, 0.05) is 12.6 Å². The van der Waals surface area contributed by atoms with Crippen LogP contribution in [0.5, 0.6) is 0 Å². The van der Waals surface area contributed by atoms with Gasteiger partial charge in [-0.15, -0.1) is 0 Å². The normalized spacial score (nSPS) is 20.3. The minimum absolute atomic E-state index is 0.216. The molecule has 0 aliphatic carbocycles. The summed E-state index contributed by atoms with van der Waals surface area (Å²) in [7, 11) is 0. The summed E-state index contributed by atoms with van der Waals surface area (Å²) in [6.45, 7) is 0.216. The molecule has 2 rings (SSSR count). The van der Waals surface area contributed by atoms with Crippen LogP contribution in [0.2, 0.25) is 5.15 Å². The molecule has 0 amide bonds. The second-order valence-electron chi connectivity index (χ2n) is 3.89. The molecule has 0 spiro atoms. The number of anilines is 1. The Morgan fingerprint density at radius 1 is 1.53 bits per heavy atom. The Morgan fingerprint density at radius 3 is 3.20 bits per heavy atom. The molecular formula is C11H15ClN2O. The Bertz CT molecular complexity index is 343. The molecule has 1 aliphatic heterocycles. The van der Waals surface area contributed by atoms with Crippen LogP contribution in [0.15, 0.2) is 12.1 Å². The average molecular weight is 227 g/mol. The van der Waals surface area contributed by atoms with Crippen molar-refractivity contribution in [1.82, 2.24) is 4.98 Å². The van der Waals surface area contributed by atoms with E-state index in [-0.39, 0.29) is 6.61 Å². The summed E-state index contributed by atoms with van der Waals surface area (Å²) in [4.78, 5) is 4.28. The van der Waals surface area contributed by atoms with Gasteiger partial charge in [0.2, 0.25) is 0 Å². The zero-order valence-electron chi connectivity index (χ0n) is 8.54. The van der Waals surface area contributed by atoms with E-state index in [9.17, 15) is 0 Å². The van der Waals surface area contributed by atoms with Crippen molar-refractivity contribution in [2.75, 3.05) is 11.9 Å². The lowest BCUT2D eigenvalue weighted by Gasteiger charge is -2.15. The summed E-state index contributed by atoms with van der Waals surface area (Å²) >= 11 is 5.85. The van der Waals surface area contributed by atoms with Crippen LogP contribution in [0, 0.1) is 0 Å². The highest BCUT2D eigenvalue weighted by molar-refractivity contribution is 6.29. The summed E-state index contributed by atoms with van der Waals surface area (Å²) in [5.74, 6) is 0.887. The maximum absolute atomic E-state index is 8.93. The summed E-state index contributed by atoms with van der Waals surface area (Å²) in [6.07, 6.45) is 4.02. The van der Waals surface area contributed by atoms with E-state index < -0.39 is 0 Å². The van der Waals surface area contributed by atoms with Crippen molar-refractivity contribution >= 4 is 17.4 Å². The molecule has 0 aromatic carbocycles. The number of pyridine rings is 1. The topological polar surface area (TPSA) is 45.2 Å². The van der Waals surface area contributed by atoms with Crippen LogP contribution >= 0.6 is 11.6 Å². The lowest BCUT2D eigenvalue weighted by Crippen LogP contribution is -2.20. The highest BCUT2D eigenvalue weighted by atomic mass is 35.5. The van der Waals surface area contributed by atoms with Crippen molar-refractivity contribution in [3.05, 3.63) is 22.8 Å². The van der Waals surface area contributed by atoms with E-state index in [2.05, 4.69) is 10.3 Å². The maximum atomic E-state index is 8.93.